The average molecular weight is 262 g/mol. The van der Waals surface area contributed by atoms with E-state index < -0.39 is 6.04 Å². The van der Waals surface area contributed by atoms with E-state index in [2.05, 4.69) is 26.1 Å². The summed E-state index contributed by atoms with van der Waals surface area (Å²) in [5.74, 6) is 0.0757. The molecule has 1 rings (SSSR count). The number of carbonyl (C=O) groups is 1. The van der Waals surface area contributed by atoms with Gasteiger partial charge in [0.25, 0.3) is 0 Å². The summed E-state index contributed by atoms with van der Waals surface area (Å²) in [6, 6.07) is 7.51. The minimum Gasteiger partial charge on any atom is -0.325 e. The molecule has 0 saturated heterocycles. The topological polar surface area (TPSA) is 55.1 Å². The van der Waals surface area contributed by atoms with Crippen LogP contribution < -0.4 is 11.1 Å². The largest absolute Gasteiger partial charge is 0.325 e. The molecule has 0 aliphatic carbocycles. The van der Waals surface area contributed by atoms with Crippen molar-refractivity contribution in [2.45, 2.75) is 52.5 Å². The number of nitrogens with one attached hydrogen (secondary N) is 1. The number of rotatable bonds is 4. The molecule has 0 bridgehead atoms. The van der Waals surface area contributed by atoms with Crippen LogP contribution in [0.5, 0.6) is 0 Å². The zero-order valence-electron chi connectivity index (χ0n) is 12.7. The van der Waals surface area contributed by atoms with Gasteiger partial charge in [0, 0.05) is 5.69 Å². The lowest BCUT2D eigenvalue weighted by Crippen LogP contribution is -2.40. The van der Waals surface area contributed by atoms with Gasteiger partial charge in [-0.25, -0.2) is 0 Å². The van der Waals surface area contributed by atoms with E-state index >= 15 is 0 Å². The van der Waals surface area contributed by atoms with Crippen LogP contribution in [0.4, 0.5) is 5.69 Å². The van der Waals surface area contributed by atoms with Crippen molar-refractivity contribution in [1.29, 1.82) is 0 Å². The molecule has 0 fully saturated rings. The first-order valence-corrected chi connectivity index (χ1v) is 6.92. The number of nitrogens with two attached hydrogens (primary N) is 1. The van der Waals surface area contributed by atoms with Crippen molar-refractivity contribution in [2.75, 3.05) is 5.32 Å². The third-order valence-electron chi connectivity index (χ3n) is 3.58. The molecule has 3 heteroatoms. The summed E-state index contributed by atoms with van der Waals surface area (Å²) in [6.07, 6.45) is 0.900. The molecule has 19 heavy (non-hydrogen) atoms. The Morgan fingerprint density at radius 3 is 2.21 bits per heavy atom. The lowest BCUT2D eigenvalue weighted by atomic mass is 9.87. The smallest absolute Gasteiger partial charge is 0.241 e. The predicted octanol–water partition coefficient (Wildman–Crippen LogP) is 3.30. The molecule has 0 spiro atoms. The number of carbonyl (C=O) groups excluding carboxylic acids is 1. The highest BCUT2D eigenvalue weighted by atomic mass is 16.2. The van der Waals surface area contributed by atoms with Gasteiger partial charge in [0.15, 0.2) is 0 Å². The average Bonchev–Trinajstić information content (AvgIpc) is 2.36. The van der Waals surface area contributed by atoms with Gasteiger partial charge < -0.3 is 11.1 Å². The highest BCUT2D eigenvalue weighted by molar-refractivity contribution is 5.94. The van der Waals surface area contributed by atoms with Crippen LogP contribution in [0.3, 0.4) is 0 Å². The number of benzene rings is 1. The summed E-state index contributed by atoms with van der Waals surface area (Å²) >= 11 is 0. The monoisotopic (exact) mass is 262 g/mol. The van der Waals surface area contributed by atoms with Crippen molar-refractivity contribution in [3.05, 3.63) is 29.8 Å². The standard InChI is InChI=1S/C16H26N2O/c1-6-11(2)14(17)15(19)18-13-9-7-12(8-10-13)16(3,4)5/h7-11,14H,6,17H2,1-5H3,(H,18,19). The number of hydrogen-bond acceptors (Lipinski definition) is 2. The quantitative estimate of drug-likeness (QED) is 0.874. The molecular formula is C16H26N2O. The van der Waals surface area contributed by atoms with Gasteiger partial charge in [-0.15, -0.1) is 0 Å². The van der Waals surface area contributed by atoms with Gasteiger partial charge >= 0.3 is 0 Å². The van der Waals surface area contributed by atoms with Crippen LogP contribution in [0.25, 0.3) is 0 Å². The Morgan fingerprint density at radius 1 is 1.26 bits per heavy atom. The Kier molecular flexibility index (Phi) is 5.12. The predicted molar refractivity (Wildman–Crippen MR) is 81.2 cm³/mol. The van der Waals surface area contributed by atoms with E-state index in [1.165, 1.54) is 5.56 Å². The summed E-state index contributed by atoms with van der Waals surface area (Å²) in [5, 5.41) is 2.87. The molecule has 0 heterocycles. The molecule has 2 atom stereocenters. The zero-order chi connectivity index (χ0) is 14.6. The van der Waals surface area contributed by atoms with E-state index in [1.807, 2.05) is 38.1 Å². The molecule has 3 nitrogen and oxygen atoms in total. The van der Waals surface area contributed by atoms with E-state index in [4.69, 9.17) is 5.73 Å². The third-order valence-corrected chi connectivity index (χ3v) is 3.58. The van der Waals surface area contributed by atoms with Gasteiger partial charge in [-0.1, -0.05) is 53.2 Å². The Bertz CT molecular complexity index is 417. The molecule has 1 aromatic rings. The van der Waals surface area contributed by atoms with E-state index in [0.29, 0.717) is 0 Å². The maximum atomic E-state index is 12.0. The summed E-state index contributed by atoms with van der Waals surface area (Å²) in [6.45, 7) is 10.5. The lowest BCUT2D eigenvalue weighted by molar-refractivity contribution is -0.118. The summed E-state index contributed by atoms with van der Waals surface area (Å²) < 4.78 is 0. The fraction of sp³-hybridized carbons (Fsp3) is 0.562. The second-order valence-electron chi connectivity index (χ2n) is 6.23. The first kappa shape index (κ1) is 15.7. The Labute approximate surface area is 116 Å². The van der Waals surface area contributed by atoms with Crippen molar-refractivity contribution >= 4 is 11.6 Å². The van der Waals surface area contributed by atoms with E-state index in [1.54, 1.807) is 0 Å². The molecule has 0 aromatic heterocycles. The van der Waals surface area contributed by atoms with Crippen LogP contribution >= 0.6 is 0 Å². The van der Waals surface area contributed by atoms with Crippen molar-refractivity contribution in [3.8, 4) is 0 Å². The first-order valence-electron chi connectivity index (χ1n) is 6.92. The van der Waals surface area contributed by atoms with Crippen LogP contribution in [0.2, 0.25) is 0 Å². The first-order chi connectivity index (χ1) is 8.75. The third kappa shape index (κ3) is 4.35. The Morgan fingerprint density at radius 2 is 1.79 bits per heavy atom. The van der Waals surface area contributed by atoms with Crippen molar-refractivity contribution < 1.29 is 4.79 Å². The summed E-state index contributed by atoms with van der Waals surface area (Å²) in [7, 11) is 0. The van der Waals surface area contributed by atoms with E-state index in [9.17, 15) is 4.79 Å². The molecular weight excluding hydrogens is 236 g/mol. The molecule has 0 radical (unpaired) electrons. The second-order valence-corrected chi connectivity index (χ2v) is 6.23. The second kappa shape index (κ2) is 6.20. The zero-order valence-corrected chi connectivity index (χ0v) is 12.7. The van der Waals surface area contributed by atoms with Crippen LogP contribution in [-0.2, 0) is 10.2 Å². The minimum absolute atomic E-state index is 0.113. The molecule has 1 amide bonds. The maximum absolute atomic E-state index is 12.0. The fourth-order valence-corrected chi connectivity index (χ4v) is 1.79. The van der Waals surface area contributed by atoms with Gasteiger partial charge in [0.2, 0.25) is 5.91 Å². The molecule has 1 aromatic carbocycles. The van der Waals surface area contributed by atoms with Crippen molar-refractivity contribution in [3.63, 3.8) is 0 Å². The minimum atomic E-state index is -0.452. The number of amides is 1. The SMILES string of the molecule is CCC(C)C(N)C(=O)Nc1ccc(C(C)(C)C)cc1. The maximum Gasteiger partial charge on any atom is 0.241 e. The Balaban J connectivity index is 2.71. The van der Waals surface area contributed by atoms with Gasteiger partial charge in [0.05, 0.1) is 6.04 Å². The normalized spacial score (nSPS) is 14.8. The highest BCUT2D eigenvalue weighted by Crippen LogP contribution is 2.23. The molecule has 3 N–H and O–H groups in total. The van der Waals surface area contributed by atoms with Gasteiger partial charge in [-0.05, 0) is 29.0 Å². The lowest BCUT2D eigenvalue weighted by Gasteiger charge is -2.20. The van der Waals surface area contributed by atoms with Gasteiger partial charge in [0.1, 0.15) is 0 Å². The Hall–Kier alpha value is -1.35. The molecule has 2 unspecified atom stereocenters. The summed E-state index contributed by atoms with van der Waals surface area (Å²) in [4.78, 5) is 12.0. The molecule has 0 aliphatic heterocycles. The van der Waals surface area contributed by atoms with E-state index in [-0.39, 0.29) is 17.2 Å². The van der Waals surface area contributed by atoms with Crippen LogP contribution in [0.15, 0.2) is 24.3 Å². The van der Waals surface area contributed by atoms with Gasteiger partial charge in [-0.3, -0.25) is 4.79 Å². The van der Waals surface area contributed by atoms with Crippen LogP contribution in [0.1, 0.15) is 46.6 Å². The van der Waals surface area contributed by atoms with Crippen LogP contribution in [0, 0.1) is 5.92 Å². The summed E-state index contributed by atoms with van der Waals surface area (Å²) in [5.41, 5.74) is 8.08. The molecule has 106 valence electrons. The fourth-order valence-electron chi connectivity index (χ4n) is 1.79. The van der Waals surface area contributed by atoms with Gasteiger partial charge in [-0.2, -0.15) is 0 Å². The molecule has 0 aliphatic rings. The number of hydrogen-bond donors (Lipinski definition) is 2. The molecule has 0 saturated carbocycles. The van der Waals surface area contributed by atoms with E-state index in [0.717, 1.165) is 12.1 Å². The van der Waals surface area contributed by atoms with Crippen LogP contribution in [-0.4, -0.2) is 11.9 Å². The van der Waals surface area contributed by atoms with Crippen molar-refractivity contribution in [2.24, 2.45) is 11.7 Å². The van der Waals surface area contributed by atoms with Crippen molar-refractivity contribution in [1.82, 2.24) is 0 Å². The highest BCUT2D eigenvalue weighted by Gasteiger charge is 2.19. The number of anilines is 1.